The van der Waals surface area contributed by atoms with E-state index in [9.17, 15) is 18.0 Å². The summed E-state index contributed by atoms with van der Waals surface area (Å²) in [4.78, 5) is 33.0. The second-order valence-electron chi connectivity index (χ2n) is 8.86. The highest BCUT2D eigenvalue weighted by Crippen LogP contribution is 2.22. The molecule has 2 heterocycles. The molecular weight excluding hydrogens is 446 g/mol. The first-order valence-electron chi connectivity index (χ1n) is 11.1. The van der Waals surface area contributed by atoms with E-state index in [-0.39, 0.29) is 29.2 Å². The van der Waals surface area contributed by atoms with Gasteiger partial charge in [-0.15, -0.1) is 0 Å². The number of rotatable bonds is 7. The largest absolute Gasteiger partial charge is 0.449 e. The SMILES string of the molecule is CC(C)COC(=O)N1CCN(C(=O)CCc2nc3cc(S(=O)(=O)N(C)C)ccc3n2C)CC1. The van der Waals surface area contributed by atoms with E-state index >= 15 is 0 Å². The highest BCUT2D eigenvalue weighted by atomic mass is 32.2. The van der Waals surface area contributed by atoms with Gasteiger partial charge in [-0.3, -0.25) is 4.79 Å². The quantitative estimate of drug-likeness (QED) is 0.599. The van der Waals surface area contributed by atoms with Gasteiger partial charge in [-0.25, -0.2) is 22.5 Å². The van der Waals surface area contributed by atoms with Crippen molar-refractivity contribution < 1.29 is 22.7 Å². The van der Waals surface area contributed by atoms with Crippen molar-refractivity contribution in [3.8, 4) is 0 Å². The van der Waals surface area contributed by atoms with Gasteiger partial charge in [0.1, 0.15) is 5.82 Å². The zero-order valence-electron chi connectivity index (χ0n) is 19.9. The van der Waals surface area contributed by atoms with Crippen LogP contribution in [0.25, 0.3) is 11.0 Å². The average molecular weight is 480 g/mol. The first kappa shape index (κ1) is 25.0. The third-order valence-corrected chi connectivity index (χ3v) is 7.53. The number of hydrogen-bond acceptors (Lipinski definition) is 6. The number of aryl methyl sites for hydroxylation is 2. The fourth-order valence-corrected chi connectivity index (χ4v) is 4.59. The Kier molecular flexibility index (Phi) is 7.63. The second kappa shape index (κ2) is 10.1. The van der Waals surface area contributed by atoms with Gasteiger partial charge in [0.05, 0.1) is 22.5 Å². The summed E-state index contributed by atoms with van der Waals surface area (Å²) in [6.07, 6.45) is 0.403. The number of benzene rings is 1. The molecule has 0 bridgehead atoms. The minimum Gasteiger partial charge on any atom is -0.449 e. The van der Waals surface area contributed by atoms with Crippen molar-refractivity contribution in [2.75, 3.05) is 46.9 Å². The number of ether oxygens (including phenoxy) is 1. The van der Waals surface area contributed by atoms with Gasteiger partial charge in [-0.05, 0) is 24.1 Å². The lowest BCUT2D eigenvalue weighted by Crippen LogP contribution is -2.50. The molecule has 1 fully saturated rings. The fourth-order valence-electron chi connectivity index (χ4n) is 3.67. The van der Waals surface area contributed by atoms with Gasteiger partial charge in [0.2, 0.25) is 15.9 Å². The van der Waals surface area contributed by atoms with Crippen molar-refractivity contribution in [3.05, 3.63) is 24.0 Å². The lowest BCUT2D eigenvalue weighted by Gasteiger charge is -2.34. The van der Waals surface area contributed by atoms with E-state index in [0.717, 1.165) is 5.52 Å². The maximum absolute atomic E-state index is 12.7. The Morgan fingerprint density at radius 3 is 2.36 bits per heavy atom. The summed E-state index contributed by atoms with van der Waals surface area (Å²) >= 11 is 0. The van der Waals surface area contributed by atoms with E-state index in [1.54, 1.807) is 28.0 Å². The Morgan fingerprint density at radius 2 is 1.76 bits per heavy atom. The van der Waals surface area contributed by atoms with Crippen molar-refractivity contribution >= 4 is 33.1 Å². The molecule has 1 aliphatic heterocycles. The number of hydrogen-bond donors (Lipinski definition) is 0. The number of imidazole rings is 1. The van der Waals surface area contributed by atoms with Crippen LogP contribution in [-0.2, 0) is 33.0 Å². The van der Waals surface area contributed by atoms with Crippen LogP contribution >= 0.6 is 0 Å². The third-order valence-electron chi connectivity index (χ3n) is 5.72. The van der Waals surface area contributed by atoms with E-state index < -0.39 is 10.0 Å². The topological polar surface area (TPSA) is 105 Å². The molecule has 1 saturated heterocycles. The number of sulfonamides is 1. The van der Waals surface area contributed by atoms with Gasteiger partial charge in [0, 0.05) is 60.2 Å². The molecule has 0 N–H and O–H groups in total. The van der Waals surface area contributed by atoms with Gasteiger partial charge >= 0.3 is 6.09 Å². The zero-order chi connectivity index (χ0) is 24.3. The molecule has 11 heteroatoms. The number of piperazine rings is 1. The lowest BCUT2D eigenvalue weighted by atomic mass is 10.2. The average Bonchev–Trinajstić information content (AvgIpc) is 3.10. The van der Waals surface area contributed by atoms with Crippen LogP contribution in [0.2, 0.25) is 0 Å². The molecule has 0 saturated carbocycles. The van der Waals surface area contributed by atoms with Crippen LogP contribution in [0.1, 0.15) is 26.1 Å². The molecule has 1 aromatic carbocycles. The molecule has 1 aliphatic rings. The van der Waals surface area contributed by atoms with Crippen LogP contribution in [0.5, 0.6) is 0 Å². The van der Waals surface area contributed by atoms with E-state index in [2.05, 4.69) is 4.98 Å². The summed E-state index contributed by atoms with van der Waals surface area (Å²) in [5, 5.41) is 0. The van der Waals surface area contributed by atoms with Crippen LogP contribution in [0, 0.1) is 5.92 Å². The van der Waals surface area contributed by atoms with Crippen molar-refractivity contribution in [3.63, 3.8) is 0 Å². The van der Waals surface area contributed by atoms with Gasteiger partial charge < -0.3 is 19.1 Å². The summed E-state index contributed by atoms with van der Waals surface area (Å²) < 4.78 is 33.1. The number of carbonyl (C=O) groups is 2. The van der Waals surface area contributed by atoms with Crippen molar-refractivity contribution in [1.29, 1.82) is 0 Å². The predicted molar refractivity (Wildman–Crippen MR) is 124 cm³/mol. The van der Waals surface area contributed by atoms with Crippen LogP contribution < -0.4 is 0 Å². The normalized spacial score (nSPS) is 15.0. The molecule has 2 aromatic rings. The maximum Gasteiger partial charge on any atom is 0.409 e. The lowest BCUT2D eigenvalue weighted by molar-refractivity contribution is -0.132. The van der Waals surface area contributed by atoms with Crippen LogP contribution in [-0.4, -0.2) is 91.0 Å². The monoisotopic (exact) mass is 479 g/mol. The summed E-state index contributed by atoms with van der Waals surface area (Å²) in [5.74, 6) is 1.00. The van der Waals surface area contributed by atoms with E-state index in [1.807, 2.05) is 25.5 Å². The summed E-state index contributed by atoms with van der Waals surface area (Å²) in [6.45, 7) is 6.22. The number of fused-ring (bicyclic) bond motifs is 1. The molecule has 182 valence electrons. The smallest absolute Gasteiger partial charge is 0.409 e. The standard InChI is InChI=1S/C22H33N5O5S/c1-16(2)15-32-22(29)27-12-10-26(11-13-27)21(28)9-8-20-23-18-14-17(33(30,31)24(3)4)6-7-19(18)25(20)5/h6-7,14,16H,8-13,15H2,1-5H3. The third kappa shape index (κ3) is 5.64. The maximum atomic E-state index is 12.7. The molecule has 0 unspecified atom stereocenters. The first-order valence-corrected chi connectivity index (χ1v) is 12.5. The fraction of sp³-hybridized carbons (Fsp3) is 0.591. The number of aromatic nitrogens is 2. The van der Waals surface area contributed by atoms with Gasteiger partial charge in [-0.1, -0.05) is 13.8 Å². The molecule has 2 amide bonds. The minimum atomic E-state index is -3.54. The van der Waals surface area contributed by atoms with Crippen molar-refractivity contribution in [2.45, 2.75) is 31.6 Å². The number of carbonyl (C=O) groups excluding carboxylic acids is 2. The molecular formula is C22H33N5O5S. The van der Waals surface area contributed by atoms with E-state index in [0.29, 0.717) is 50.5 Å². The molecule has 0 spiro atoms. The summed E-state index contributed by atoms with van der Waals surface area (Å²) in [6, 6.07) is 4.87. The number of nitrogens with zero attached hydrogens (tertiary/aromatic N) is 5. The van der Waals surface area contributed by atoms with E-state index in [4.69, 9.17) is 4.74 Å². The van der Waals surface area contributed by atoms with Gasteiger partial charge in [0.25, 0.3) is 0 Å². The number of amides is 2. The summed E-state index contributed by atoms with van der Waals surface area (Å²) in [7, 11) is 1.29. The summed E-state index contributed by atoms with van der Waals surface area (Å²) in [5.41, 5.74) is 1.39. The van der Waals surface area contributed by atoms with Gasteiger partial charge in [0.15, 0.2) is 0 Å². The highest BCUT2D eigenvalue weighted by Gasteiger charge is 2.25. The molecule has 1 aromatic heterocycles. The van der Waals surface area contributed by atoms with Crippen LogP contribution in [0.3, 0.4) is 0 Å². The van der Waals surface area contributed by atoms with Crippen LogP contribution in [0.4, 0.5) is 4.79 Å². The Morgan fingerprint density at radius 1 is 1.12 bits per heavy atom. The molecule has 3 rings (SSSR count). The molecule has 10 nitrogen and oxygen atoms in total. The minimum absolute atomic E-state index is 0.00753. The van der Waals surface area contributed by atoms with Crippen molar-refractivity contribution in [1.82, 2.24) is 23.7 Å². The zero-order valence-corrected chi connectivity index (χ0v) is 20.8. The Hall–Kier alpha value is -2.66. The predicted octanol–water partition coefficient (Wildman–Crippen LogP) is 1.69. The van der Waals surface area contributed by atoms with E-state index in [1.165, 1.54) is 18.4 Å². The Bertz CT molecular complexity index is 1120. The Balaban J connectivity index is 1.59. The highest BCUT2D eigenvalue weighted by molar-refractivity contribution is 7.89. The molecule has 33 heavy (non-hydrogen) atoms. The van der Waals surface area contributed by atoms with Gasteiger partial charge in [-0.2, -0.15) is 0 Å². The second-order valence-corrected chi connectivity index (χ2v) is 11.0. The van der Waals surface area contributed by atoms with Crippen molar-refractivity contribution in [2.24, 2.45) is 13.0 Å². The molecule has 0 aliphatic carbocycles. The first-order chi connectivity index (χ1) is 15.5. The molecule has 0 atom stereocenters. The van der Waals surface area contributed by atoms with Crippen LogP contribution in [0.15, 0.2) is 23.1 Å². The Labute approximate surface area is 195 Å². The molecule has 0 radical (unpaired) electrons.